The normalized spacial score (nSPS) is 11.8. The molecule has 0 spiro atoms. The Kier molecular flexibility index (Phi) is 8.07. The van der Waals surface area contributed by atoms with E-state index in [2.05, 4.69) is 10.0 Å². The molecule has 2 N–H and O–H groups in total. The summed E-state index contributed by atoms with van der Waals surface area (Å²) >= 11 is 0. The lowest BCUT2D eigenvalue weighted by molar-refractivity contribution is -0.385. The van der Waals surface area contributed by atoms with Gasteiger partial charge >= 0.3 is 0 Å². The molecule has 3 aromatic carbocycles. The summed E-state index contributed by atoms with van der Waals surface area (Å²) in [5, 5.41) is 13.6. The number of nitrogens with zero attached hydrogens (tertiary/aromatic N) is 2. The molecule has 0 unspecified atom stereocenters. The van der Waals surface area contributed by atoms with Gasteiger partial charge in [-0.2, -0.15) is 4.31 Å². The van der Waals surface area contributed by atoms with Gasteiger partial charge in [0.15, 0.2) is 0 Å². The predicted octanol–water partition coefficient (Wildman–Crippen LogP) is 3.68. The van der Waals surface area contributed by atoms with Gasteiger partial charge in [-0.3, -0.25) is 19.6 Å². The smallest absolute Gasteiger partial charge is 0.270 e. The number of carbonyl (C=O) groups excluding carboxylic acids is 1. The summed E-state index contributed by atoms with van der Waals surface area (Å²) in [6.07, 6.45) is 0. The molecule has 0 aliphatic rings. The van der Waals surface area contributed by atoms with Gasteiger partial charge < -0.3 is 5.32 Å². The third kappa shape index (κ3) is 6.05. The number of hydrogen-bond acceptors (Lipinski definition) is 7. The van der Waals surface area contributed by atoms with Crippen molar-refractivity contribution in [2.24, 2.45) is 0 Å². The van der Waals surface area contributed by atoms with Crippen LogP contribution in [0.1, 0.15) is 24.2 Å². The van der Waals surface area contributed by atoms with E-state index in [-0.39, 0.29) is 26.7 Å². The topological polar surface area (TPSA) is 156 Å². The van der Waals surface area contributed by atoms with Gasteiger partial charge in [0.05, 0.1) is 14.7 Å². The second-order valence-electron chi connectivity index (χ2n) is 7.51. The van der Waals surface area contributed by atoms with E-state index in [1.165, 1.54) is 71.0 Å². The van der Waals surface area contributed by atoms with Gasteiger partial charge in [-0.25, -0.2) is 16.8 Å². The number of hydrogen-bond donors (Lipinski definition) is 2. The van der Waals surface area contributed by atoms with Crippen LogP contribution in [-0.2, 0) is 20.0 Å². The van der Waals surface area contributed by atoms with Gasteiger partial charge in [-0.1, -0.05) is 19.9 Å². The highest BCUT2D eigenvalue weighted by Crippen LogP contribution is 2.22. The summed E-state index contributed by atoms with van der Waals surface area (Å²) < 4.78 is 53.9. The minimum atomic E-state index is -4.08. The Labute approximate surface area is 209 Å². The standard InChI is InChI=1S/C23H24N4O7S2/c1-3-26(4-2)36(33,34)21-14-12-18(13-15-21)24-23(28)17-8-10-19(11-9-17)25-35(31,32)22-7-5-6-20(16-22)27(29)30/h5-16,25H,3-4H2,1-2H3,(H,24,28). The van der Waals surface area contributed by atoms with E-state index in [9.17, 15) is 31.7 Å². The zero-order valence-electron chi connectivity index (χ0n) is 19.4. The molecule has 13 heteroatoms. The van der Waals surface area contributed by atoms with E-state index < -0.39 is 30.9 Å². The summed E-state index contributed by atoms with van der Waals surface area (Å²) in [5.74, 6) is -0.484. The van der Waals surface area contributed by atoms with E-state index in [1.54, 1.807) is 13.8 Å². The molecule has 0 atom stereocenters. The van der Waals surface area contributed by atoms with Crippen molar-refractivity contribution in [3.63, 3.8) is 0 Å². The Balaban J connectivity index is 1.69. The number of rotatable bonds is 10. The van der Waals surface area contributed by atoms with Crippen molar-refractivity contribution in [2.75, 3.05) is 23.1 Å². The van der Waals surface area contributed by atoms with Gasteiger partial charge in [0.2, 0.25) is 10.0 Å². The zero-order valence-corrected chi connectivity index (χ0v) is 21.0. The zero-order chi connectivity index (χ0) is 26.5. The molecule has 0 heterocycles. The number of nitro groups is 1. The highest BCUT2D eigenvalue weighted by atomic mass is 32.2. The van der Waals surface area contributed by atoms with Gasteiger partial charge in [0.25, 0.3) is 21.6 Å². The number of benzene rings is 3. The van der Waals surface area contributed by atoms with Crippen LogP contribution in [0, 0.1) is 10.1 Å². The molecule has 1 amide bonds. The number of nitrogens with one attached hydrogen (secondary N) is 2. The molecule has 3 rings (SSSR count). The molecule has 0 saturated heterocycles. The molecular formula is C23H24N4O7S2. The van der Waals surface area contributed by atoms with Crippen LogP contribution in [0.3, 0.4) is 0 Å². The van der Waals surface area contributed by atoms with E-state index in [0.717, 1.165) is 6.07 Å². The van der Waals surface area contributed by atoms with Crippen LogP contribution in [-0.4, -0.2) is 45.1 Å². The van der Waals surface area contributed by atoms with Gasteiger partial charge in [0.1, 0.15) is 0 Å². The summed E-state index contributed by atoms with van der Waals surface area (Å²) in [7, 11) is -7.70. The molecule has 0 fully saturated rings. The molecule has 0 radical (unpaired) electrons. The molecule has 190 valence electrons. The summed E-state index contributed by atoms with van der Waals surface area (Å²) in [5.41, 5.74) is 0.412. The average molecular weight is 533 g/mol. The summed E-state index contributed by atoms with van der Waals surface area (Å²) in [6.45, 7) is 4.18. The fourth-order valence-electron chi connectivity index (χ4n) is 3.29. The molecule has 0 aliphatic carbocycles. The average Bonchev–Trinajstić information content (AvgIpc) is 2.85. The summed E-state index contributed by atoms with van der Waals surface area (Å²) in [6, 6.07) is 16.0. The van der Waals surface area contributed by atoms with Crippen molar-refractivity contribution >= 4 is 43.0 Å². The fraction of sp³-hybridized carbons (Fsp3) is 0.174. The van der Waals surface area contributed by atoms with E-state index in [1.807, 2.05) is 0 Å². The fourth-order valence-corrected chi connectivity index (χ4v) is 5.85. The lowest BCUT2D eigenvalue weighted by atomic mass is 10.2. The number of amides is 1. The van der Waals surface area contributed by atoms with Crippen LogP contribution in [0.15, 0.2) is 82.6 Å². The number of anilines is 2. The molecular weight excluding hydrogens is 508 g/mol. The Morgan fingerprint density at radius 1 is 0.861 bits per heavy atom. The molecule has 0 saturated carbocycles. The number of nitro benzene ring substituents is 1. The number of non-ortho nitro benzene ring substituents is 1. The Morgan fingerprint density at radius 2 is 1.44 bits per heavy atom. The van der Waals surface area contributed by atoms with Crippen molar-refractivity contribution in [3.8, 4) is 0 Å². The number of sulfonamides is 2. The highest BCUT2D eigenvalue weighted by Gasteiger charge is 2.21. The molecule has 3 aromatic rings. The van der Waals surface area contributed by atoms with Crippen LogP contribution in [0.5, 0.6) is 0 Å². The van der Waals surface area contributed by atoms with Gasteiger partial charge in [-0.05, 0) is 54.6 Å². The lowest BCUT2D eigenvalue weighted by Gasteiger charge is -2.18. The van der Waals surface area contributed by atoms with Crippen molar-refractivity contribution in [2.45, 2.75) is 23.6 Å². The lowest BCUT2D eigenvalue weighted by Crippen LogP contribution is -2.30. The maximum absolute atomic E-state index is 12.6. The van der Waals surface area contributed by atoms with Crippen LogP contribution < -0.4 is 10.0 Å². The van der Waals surface area contributed by atoms with Crippen LogP contribution in [0.2, 0.25) is 0 Å². The third-order valence-corrected chi connectivity index (χ3v) is 8.64. The Bertz CT molecular complexity index is 1470. The number of carbonyl (C=O) groups is 1. The molecule has 0 aliphatic heterocycles. The second kappa shape index (κ2) is 10.8. The minimum Gasteiger partial charge on any atom is -0.322 e. The first-order chi connectivity index (χ1) is 17.0. The van der Waals surface area contributed by atoms with E-state index >= 15 is 0 Å². The van der Waals surface area contributed by atoms with Gasteiger partial charge in [-0.15, -0.1) is 0 Å². The highest BCUT2D eigenvalue weighted by molar-refractivity contribution is 7.92. The van der Waals surface area contributed by atoms with E-state index in [0.29, 0.717) is 18.8 Å². The predicted molar refractivity (Wildman–Crippen MR) is 135 cm³/mol. The Morgan fingerprint density at radius 3 is 2.00 bits per heavy atom. The van der Waals surface area contributed by atoms with Gasteiger partial charge in [0, 0.05) is 42.2 Å². The van der Waals surface area contributed by atoms with Crippen LogP contribution >= 0.6 is 0 Å². The quantitative estimate of drug-likeness (QED) is 0.298. The molecule has 0 bridgehead atoms. The molecule has 36 heavy (non-hydrogen) atoms. The van der Waals surface area contributed by atoms with Crippen molar-refractivity contribution < 1.29 is 26.6 Å². The van der Waals surface area contributed by atoms with Crippen molar-refractivity contribution in [1.82, 2.24) is 4.31 Å². The monoisotopic (exact) mass is 532 g/mol. The first-order valence-electron chi connectivity index (χ1n) is 10.8. The molecule has 11 nitrogen and oxygen atoms in total. The largest absolute Gasteiger partial charge is 0.322 e. The first-order valence-corrected chi connectivity index (χ1v) is 13.7. The SMILES string of the molecule is CCN(CC)S(=O)(=O)c1ccc(NC(=O)c2ccc(NS(=O)(=O)c3cccc([N+](=O)[O-])c3)cc2)cc1. The van der Waals surface area contributed by atoms with Crippen molar-refractivity contribution in [3.05, 3.63) is 88.5 Å². The maximum atomic E-state index is 12.6. The third-order valence-electron chi connectivity index (χ3n) is 5.19. The summed E-state index contributed by atoms with van der Waals surface area (Å²) in [4.78, 5) is 22.6. The first kappa shape index (κ1) is 26.8. The van der Waals surface area contributed by atoms with Crippen LogP contribution in [0.25, 0.3) is 0 Å². The molecule has 0 aromatic heterocycles. The van der Waals surface area contributed by atoms with E-state index in [4.69, 9.17) is 0 Å². The minimum absolute atomic E-state index is 0.115. The van der Waals surface area contributed by atoms with Crippen molar-refractivity contribution in [1.29, 1.82) is 0 Å². The van der Waals surface area contributed by atoms with Crippen LogP contribution in [0.4, 0.5) is 17.1 Å². The maximum Gasteiger partial charge on any atom is 0.270 e. The second-order valence-corrected chi connectivity index (χ2v) is 11.1. The Hall–Kier alpha value is -3.81.